The van der Waals surface area contributed by atoms with Crippen molar-refractivity contribution in [1.82, 2.24) is 20.0 Å². The van der Waals surface area contributed by atoms with Gasteiger partial charge in [-0.3, -0.25) is 14.3 Å². The van der Waals surface area contributed by atoms with Crippen molar-refractivity contribution in [3.8, 4) is 0 Å². The van der Waals surface area contributed by atoms with Gasteiger partial charge in [0.2, 0.25) is 11.8 Å². The van der Waals surface area contributed by atoms with Gasteiger partial charge >= 0.3 is 0 Å². The zero-order valence-electron chi connectivity index (χ0n) is 10.5. The molecule has 1 aliphatic rings. The van der Waals surface area contributed by atoms with E-state index in [0.29, 0.717) is 6.42 Å². The minimum atomic E-state index is -0.268. The predicted octanol–water partition coefficient (Wildman–Crippen LogP) is -0.00590. The minimum absolute atomic E-state index is 0.00978. The smallest absolute Gasteiger partial charge is 0.243 e. The van der Waals surface area contributed by atoms with Gasteiger partial charge in [-0.1, -0.05) is 6.58 Å². The van der Waals surface area contributed by atoms with Crippen molar-refractivity contribution >= 4 is 11.8 Å². The topological polar surface area (TPSA) is 67.2 Å². The normalized spacial score (nSPS) is 23.2. The lowest BCUT2D eigenvalue weighted by molar-refractivity contribution is -0.127. The van der Waals surface area contributed by atoms with E-state index in [0.717, 1.165) is 5.69 Å². The Morgan fingerprint density at radius 1 is 1.61 bits per heavy atom. The molecule has 1 aromatic rings. The summed E-state index contributed by atoms with van der Waals surface area (Å²) < 4.78 is 1.72. The molecule has 1 aromatic heterocycles. The number of carbonyl (C=O) groups is 2. The van der Waals surface area contributed by atoms with E-state index in [1.165, 1.54) is 6.08 Å². The molecule has 1 aliphatic heterocycles. The molecule has 0 spiro atoms. The van der Waals surface area contributed by atoms with Crippen LogP contribution in [0.15, 0.2) is 24.9 Å². The maximum Gasteiger partial charge on any atom is 0.243 e. The highest BCUT2D eigenvalue weighted by Crippen LogP contribution is 2.31. The Labute approximate surface area is 105 Å². The largest absolute Gasteiger partial charge is 0.347 e. The van der Waals surface area contributed by atoms with Crippen molar-refractivity contribution in [2.24, 2.45) is 7.05 Å². The minimum Gasteiger partial charge on any atom is -0.347 e. The summed E-state index contributed by atoms with van der Waals surface area (Å²) in [6.45, 7) is 3.42. The second-order valence-electron chi connectivity index (χ2n) is 4.35. The van der Waals surface area contributed by atoms with Crippen LogP contribution in [0.2, 0.25) is 0 Å². The molecule has 6 nitrogen and oxygen atoms in total. The van der Waals surface area contributed by atoms with Crippen molar-refractivity contribution in [2.75, 3.05) is 7.05 Å². The average molecular weight is 248 g/mol. The van der Waals surface area contributed by atoms with E-state index >= 15 is 0 Å². The van der Waals surface area contributed by atoms with Gasteiger partial charge in [-0.15, -0.1) is 0 Å². The molecule has 2 amide bonds. The van der Waals surface area contributed by atoms with E-state index in [2.05, 4.69) is 17.0 Å². The van der Waals surface area contributed by atoms with Crippen LogP contribution in [0.25, 0.3) is 0 Å². The Bertz CT molecular complexity index is 494. The summed E-state index contributed by atoms with van der Waals surface area (Å²) in [5.41, 5.74) is 0.901. The molecule has 2 heterocycles. The highest BCUT2D eigenvalue weighted by Gasteiger charge is 2.40. The fourth-order valence-electron chi connectivity index (χ4n) is 2.32. The monoisotopic (exact) mass is 248 g/mol. The first-order valence-electron chi connectivity index (χ1n) is 5.71. The van der Waals surface area contributed by atoms with E-state index in [-0.39, 0.29) is 23.9 Å². The zero-order valence-corrected chi connectivity index (χ0v) is 10.5. The summed E-state index contributed by atoms with van der Waals surface area (Å²) in [4.78, 5) is 24.8. The van der Waals surface area contributed by atoms with Crippen LogP contribution in [-0.4, -0.2) is 39.6 Å². The number of rotatable bonds is 3. The van der Waals surface area contributed by atoms with Crippen molar-refractivity contribution in [3.05, 3.63) is 30.6 Å². The van der Waals surface area contributed by atoms with Crippen molar-refractivity contribution < 1.29 is 9.59 Å². The number of likely N-dealkylation sites (N-methyl/N-ethyl adjacent to an activating group) is 1. The SMILES string of the molecule is C=CC(=O)N[C@@H]1CC(=O)N(C)[C@H]1c1ccnn1C. The van der Waals surface area contributed by atoms with Gasteiger partial charge in [0.25, 0.3) is 0 Å². The van der Waals surface area contributed by atoms with Crippen LogP contribution in [0.5, 0.6) is 0 Å². The Kier molecular flexibility index (Phi) is 3.18. The van der Waals surface area contributed by atoms with Gasteiger partial charge < -0.3 is 10.2 Å². The Balaban J connectivity index is 2.29. The second-order valence-corrected chi connectivity index (χ2v) is 4.35. The maximum atomic E-state index is 11.8. The fourth-order valence-corrected chi connectivity index (χ4v) is 2.32. The van der Waals surface area contributed by atoms with Crippen LogP contribution in [0.4, 0.5) is 0 Å². The maximum absolute atomic E-state index is 11.8. The molecule has 1 N–H and O–H groups in total. The molecular weight excluding hydrogens is 232 g/mol. The van der Waals surface area contributed by atoms with Crippen LogP contribution in [0, 0.1) is 0 Å². The first kappa shape index (κ1) is 12.3. The summed E-state index contributed by atoms with van der Waals surface area (Å²) in [5.74, 6) is -0.258. The van der Waals surface area contributed by atoms with E-state index < -0.39 is 0 Å². The summed E-state index contributed by atoms with van der Waals surface area (Å²) in [6, 6.07) is 1.42. The fraction of sp³-hybridized carbons (Fsp3) is 0.417. The predicted molar refractivity (Wildman–Crippen MR) is 65.5 cm³/mol. The molecule has 1 saturated heterocycles. The molecule has 0 bridgehead atoms. The Morgan fingerprint density at radius 3 is 2.89 bits per heavy atom. The molecule has 0 saturated carbocycles. The molecule has 0 unspecified atom stereocenters. The lowest BCUT2D eigenvalue weighted by Crippen LogP contribution is -2.38. The molecule has 18 heavy (non-hydrogen) atoms. The van der Waals surface area contributed by atoms with Crippen LogP contribution >= 0.6 is 0 Å². The summed E-state index contributed by atoms with van der Waals surface area (Å²) >= 11 is 0. The number of aryl methyl sites for hydroxylation is 1. The molecule has 1 fully saturated rings. The first-order valence-corrected chi connectivity index (χ1v) is 5.71. The van der Waals surface area contributed by atoms with Gasteiger partial charge in [0.15, 0.2) is 0 Å². The number of likely N-dealkylation sites (tertiary alicyclic amines) is 1. The Hall–Kier alpha value is -2.11. The standard InChI is InChI=1S/C12H16N4O2/c1-4-10(17)14-8-7-11(18)15(2)12(8)9-5-6-13-16(9)3/h4-6,8,12H,1,7H2,2-3H3,(H,14,17)/t8-,12-/m1/s1. The lowest BCUT2D eigenvalue weighted by Gasteiger charge is -2.25. The molecule has 2 rings (SSSR count). The number of hydrogen-bond acceptors (Lipinski definition) is 3. The number of nitrogens with one attached hydrogen (secondary N) is 1. The third kappa shape index (κ3) is 2.01. The highest BCUT2D eigenvalue weighted by molar-refractivity contribution is 5.88. The highest BCUT2D eigenvalue weighted by atomic mass is 16.2. The van der Waals surface area contributed by atoms with Crippen LogP contribution in [-0.2, 0) is 16.6 Å². The van der Waals surface area contributed by atoms with E-state index in [1.807, 2.05) is 13.1 Å². The average Bonchev–Trinajstić information content (AvgIpc) is 2.85. The van der Waals surface area contributed by atoms with Crippen molar-refractivity contribution in [1.29, 1.82) is 0 Å². The molecular formula is C12H16N4O2. The van der Waals surface area contributed by atoms with Crippen molar-refractivity contribution in [2.45, 2.75) is 18.5 Å². The third-order valence-corrected chi connectivity index (χ3v) is 3.26. The number of nitrogens with zero attached hydrogens (tertiary/aromatic N) is 3. The quantitative estimate of drug-likeness (QED) is 0.765. The van der Waals surface area contributed by atoms with Crippen LogP contribution in [0.3, 0.4) is 0 Å². The summed E-state index contributed by atoms with van der Waals surface area (Å²) in [5, 5.41) is 6.89. The third-order valence-electron chi connectivity index (χ3n) is 3.26. The van der Waals surface area contributed by atoms with Crippen LogP contribution < -0.4 is 5.32 Å². The van der Waals surface area contributed by atoms with E-state index in [4.69, 9.17) is 0 Å². The molecule has 0 radical (unpaired) electrons. The van der Waals surface area contributed by atoms with Crippen LogP contribution in [0.1, 0.15) is 18.2 Å². The van der Waals surface area contributed by atoms with E-state index in [1.54, 1.807) is 22.8 Å². The molecule has 0 aromatic carbocycles. The van der Waals surface area contributed by atoms with Gasteiger partial charge in [-0.2, -0.15) is 5.10 Å². The molecule has 2 atom stereocenters. The zero-order chi connectivity index (χ0) is 13.3. The summed E-state index contributed by atoms with van der Waals surface area (Å²) in [7, 11) is 3.55. The van der Waals surface area contributed by atoms with Gasteiger partial charge in [0.1, 0.15) is 0 Å². The molecule has 96 valence electrons. The first-order chi connectivity index (χ1) is 8.54. The second kappa shape index (κ2) is 4.64. The van der Waals surface area contributed by atoms with Crippen molar-refractivity contribution in [3.63, 3.8) is 0 Å². The number of carbonyl (C=O) groups excluding carboxylic acids is 2. The lowest BCUT2D eigenvalue weighted by atomic mass is 10.1. The molecule has 6 heteroatoms. The summed E-state index contributed by atoms with van der Waals surface area (Å²) in [6.07, 6.45) is 3.19. The van der Waals surface area contributed by atoms with Gasteiger partial charge in [0, 0.05) is 26.7 Å². The number of aromatic nitrogens is 2. The number of hydrogen-bond donors (Lipinski definition) is 1. The molecule has 0 aliphatic carbocycles. The number of amides is 2. The van der Waals surface area contributed by atoms with Gasteiger partial charge in [-0.25, -0.2) is 0 Å². The van der Waals surface area contributed by atoms with Gasteiger partial charge in [-0.05, 0) is 12.1 Å². The Morgan fingerprint density at radius 2 is 2.33 bits per heavy atom. The van der Waals surface area contributed by atoms with E-state index in [9.17, 15) is 9.59 Å². The van der Waals surface area contributed by atoms with Gasteiger partial charge in [0.05, 0.1) is 17.8 Å².